The Bertz CT molecular complexity index is 1080. The molecule has 1 amide bonds. The van der Waals surface area contributed by atoms with E-state index in [2.05, 4.69) is 10.3 Å². The summed E-state index contributed by atoms with van der Waals surface area (Å²) in [4.78, 5) is 28.4. The van der Waals surface area contributed by atoms with Crippen molar-refractivity contribution in [3.8, 4) is 11.8 Å². The Morgan fingerprint density at radius 3 is 2.75 bits per heavy atom. The second-order valence-electron chi connectivity index (χ2n) is 5.56. The molecule has 140 valence electrons. The first-order chi connectivity index (χ1) is 13.6. The largest absolute Gasteiger partial charge is 0.497 e. The van der Waals surface area contributed by atoms with E-state index < -0.39 is 18.5 Å². The molecule has 0 spiro atoms. The number of aromatic nitrogens is 1. The maximum absolute atomic E-state index is 12.0. The topological polar surface area (TPSA) is 101 Å². The van der Waals surface area contributed by atoms with Crippen LogP contribution in [-0.2, 0) is 14.3 Å². The molecule has 2 aromatic carbocycles. The van der Waals surface area contributed by atoms with Gasteiger partial charge in [0.1, 0.15) is 17.4 Å². The second kappa shape index (κ2) is 8.79. The average molecular weight is 393 g/mol. The van der Waals surface area contributed by atoms with E-state index in [0.717, 1.165) is 10.2 Å². The summed E-state index contributed by atoms with van der Waals surface area (Å²) in [6.45, 7) is -0.522. The van der Waals surface area contributed by atoms with Gasteiger partial charge >= 0.3 is 5.97 Å². The highest BCUT2D eigenvalue weighted by atomic mass is 32.1. The number of nitrogens with zero attached hydrogens (tertiary/aromatic N) is 2. The van der Waals surface area contributed by atoms with E-state index >= 15 is 0 Å². The van der Waals surface area contributed by atoms with Gasteiger partial charge in [0.25, 0.3) is 5.91 Å². The van der Waals surface area contributed by atoms with Crippen molar-refractivity contribution >= 4 is 44.6 Å². The van der Waals surface area contributed by atoms with Crippen LogP contribution in [0.1, 0.15) is 5.56 Å². The number of ether oxygens (including phenoxy) is 2. The zero-order valence-corrected chi connectivity index (χ0v) is 15.7. The van der Waals surface area contributed by atoms with Gasteiger partial charge in [-0.15, -0.1) is 0 Å². The van der Waals surface area contributed by atoms with Gasteiger partial charge in [0.15, 0.2) is 11.7 Å². The predicted molar refractivity (Wildman–Crippen MR) is 106 cm³/mol. The van der Waals surface area contributed by atoms with Crippen LogP contribution in [0, 0.1) is 11.3 Å². The molecule has 8 heteroatoms. The lowest BCUT2D eigenvalue weighted by atomic mass is 10.1. The van der Waals surface area contributed by atoms with Crippen LogP contribution >= 0.6 is 11.3 Å². The number of carbonyl (C=O) groups is 2. The third kappa shape index (κ3) is 4.72. The van der Waals surface area contributed by atoms with Crippen molar-refractivity contribution < 1.29 is 19.1 Å². The smallest absolute Gasteiger partial charge is 0.349 e. The Balaban J connectivity index is 1.60. The number of carbonyl (C=O) groups excluding carboxylic acids is 2. The molecule has 7 nitrogen and oxygen atoms in total. The summed E-state index contributed by atoms with van der Waals surface area (Å²) in [5.74, 6) is -0.718. The standard InChI is InChI=1S/C20H15N3O4S/c1-26-15-7-8-16-17(10-15)28-20(22-16)23-18(24)12-27-19(25)14(11-21)9-13-5-3-2-4-6-13/h2-10H,12H2,1H3,(H,22,23,24)/b14-9+. The third-order valence-electron chi connectivity index (χ3n) is 3.63. The van der Waals surface area contributed by atoms with Crippen molar-refractivity contribution in [2.45, 2.75) is 0 Å². The molecule has 1 aromatic heterocycles. The minimum absolute atomic E-state index is 0.189. The Hall–Kier alpha value is -3.70. The number of hydrogen-bond acceptors (Lipinski definition) is 7. The number of amides is 1. The number of thiazole rings is 1. The second-order valence-corrected chi connectivity index (χ2v) is 6.59. The molecule has 0 aliphatic rings. The average Bonchev–Trinajstić information content (AvgIpc) is 3.12. The highest BCUT2D eigenvalue weighted by Crippen LogP contribution is 2.29. The van der Waals surface area contributed by atoms with Crippen molar-refractivity contribution in [1.29, 1.82) is 5.26 Å². The van der Waals surface area contributed by atoms with Crippen LogP contribution in [0.4, 0.5) is 5.13 Å². The number of esters is 1. The molecule has 0 bridgehead atoms. The number of nitrogens with one attached hydrogen (secondary N) is 1. The Morgan fingerprint density at radius 2 is 2.04 bits per heavy atom. The van der Waals surface area contributed by atoms with Crippen LogP contribution in [0.2, 0.25) is 0 Å². The summed E-state index contributed by atoms with van der Waals surface area (Å²) in [7, 11) is 1.57. The normalized spacial score (nSPS) is 10.9. The molecule has 0 unspecified atom stereocenters. The molecular weight excluding hydrogens is 378 g/mol. The minimum atomic E-state index is -0.865. The number of nitriles is 1. The van der Waals surface area contributed by atoms with Crippen molar-refractivity contribution in [3.63, 3.8) is 0 Å². The molecular formula is C20H15N3O4S. The maximum atomic E-state index is 12.0. The molecule has 28 heavy (non-hydrogen) atoms. The van der Waals surface area contributed by atoms with Gasteiger partial charge in [-0.3, -0.25) is 10.1 Å². The lowest BCUT2D eigenvalue weighted by Gasteiger charge is -2.04. The Labute approximate surface area is 164 Å². The van der Waals surface area contributed by atoms with Crippen LogP contribution in [0.15, 0.2) is 54.1 Å². The zero-order chi connectivity index (χ0) is 19.9. The highest BCUT2D eigenvalue weighted by molar-refractivity contribution is 7.22. The van der Waals surface area contributed by atoms with E-state index in [4.69, 9.17) is 14.7 Å². The van der Waals surface area contributed by atoms with E-state index in [1.54, 1.807) is 49.6 Å². The minimum Gasteiger partial charge on any atom is -0.497 e. The van der Waals surface area contributed by atoms with Crippen LogP contribution in [0.5, 0.6) is 5.75 Å². The van der Waals surface area contributed by atoms with Crippen molar-refractivity contribution in [3.05, 3.63) is 59.7 Å². The summed E-state index contributed by atoms with van der Waals surface area (Å²) in [5, 5.41) is 12.1. The van der Waals surface area contributed by atoms with Gasteiger partial charge in [-0.1, -0.05) is 41.7 Å². The summed E-state index contributed by atoms with van der Waals surface area (Å²) in [6.07, 6.45) is 1.40. The van der Waals surface area contributed by atoms with Gasteiger partial charge in [0.05, 0.1) is 17.3 Å². The van der Waals surface area contributed by atoms with E-state index in [1.165, 1.54) is 17.4 Å². The first-order valence-corrected chi connectivity index (χ1v) is 8.99. The van der Waals surface area contributed by atoms with Crippen molar-refractivity contribution in [2.75, 3.05) is 19.0 Å². The van der Waals surface area contributed by atoms with Gasteiger partial charge in [-0.25, -0.2) is 9.78 Å². The summed E-state index contributed by atoms with van der Waals surface area (Å²) < 4.78 is 10.9. The summed E-state index contributed by atoms with van der Waals surface area (Å²) in [6, 6.07) is 16.1. The summed E-state index contributed by atoms with van der Waals surface area (Å²) >= 11 is 1.27. The van der Waals surface area contributed by atoms with Crippen LogP contribution in [-0.4, -0.2) is 30.6 Å². The molecule has 1 N–H and O–H groups in total. The number of rotatable bonds is 6. The number of methoxy groups -OCH3 is 1. The SMILES string of the molecule is COc1ccc2nc(NC(=O)COC(=O)/C(C#N)=C/c3ccccc3)sc2c1. The van der Waals surface area contributed by atoms with Crippen LogP contribution < -0.4 is 10.1 Å². The lowest BCUT2D eigenvalue weighted by molar-refractivity contribution is -0.142. The van der Waals surface area contributed by atoms with E-state index in [0.29, 0.717) is 16.4 Å². The fraction of sp³-hybridized carbons (Fsp3) is 0.100. The van der Waals surface area contributed by atoms with Gasteiger partial charge in [0.2, 0.25) is 0 Å². The van der Waals surface area contributed by atoms with E-state index in [-0.39, 0.29) is 5.57 Å². The van der Waals surface area contributed by atoms with Crippen LogP contribution in [0.25, 0.3) is 16.3 Å². The third-order valence-corrected chi connectivity index (χ3v) is 4.56. The number of fused-ring (bicyclic) bond motifs is 1. The number of benzene rings is 2. The monoisotopic (exact) mass is 393 g/mol. The zero-order valence-electron chi connectivity index (χ0n) is 14.8. The highest BCUT2D eigenvalue weighted by Gasteiger charge is 2.14. The first-order valence-electron chi connectivity index (χ1n) is 8.17. The fourth-order valence-electron chi connectivity index (χ4n) is 2.30. The molecule has 0 saturated carbocycles. The van der Waals surface area contributed by atoms with Gasteiger partial charge in [-0.2, -0.15) is 5.26 Å². The Kier molecular flexibility index (Phi) is 5.99. The lowest BCUT2D eigenvalue weighted by Crippen LogP contribution is -2.21. The van der Waals surface area contributed by atoms with E-state index in [9.17, 15) is 9.59 Å². The van der Waals surface area contributed by atoms with Gasteiger partial charge < -0.3 is 9.47 Å². The van der Waals surface area contributed by atoms with Crippen LogP contribution in [0.3, 0.4) is 0 Å². The first kappa shape index (κ1) is 19.1. The fourth-order valence-corrected chi connectivity index (χ4v) is 3.21. The number of hydrogen-bond donors (Lipinski definition) is 1. The Morgan fingerprint density at radius 1 is 1.25 bits per heavy atom. The van der Waals surface area contributed by atoms with Crippen molar-refractivity contribution in [2.24, 2.45) is 0 Å². The van der Waals surface area contributed by atoms with Gasteiger partial charge in [-0.05, 0) is 29.8 Å². The summed E-state index contributed by atoms with van der Waals surface area (Å²) in [5.41, 5.74) is 1.21. The molecule has 0 radical (unpaired) electrons. The molecule has 1 heterocycles. The number of anilines is 1. The van der Waals surface area contributed by atoms with Gasteiger partial charge in [0, 0.05) is 0 Å². The molecule has 0 aliphatic heterocycles. The molecule has 0 saturated heterocycles. The van der Waals surface area contributed by atoms with E-state index in [1.807, 2.05) is 12.1 Å². The maximum Gasteiger partial charge on any atom is 0.349 e. The molecule has 3 rings (SSSR count). The molecule has 0 fully saturated rings. The predicted octanol–water partition coefficient (Wildman–Crippen LogP) is 3.39. The van der Waals surface area contributed by atoms with Crippen molar-refractivity contribution in [1.82, 2.24) is 4.98 Å². The molecule has 0 atom stereocenters. The molecule has 3 aromatic rings. The molecule has 0 aliphatic carbocycles. The quantitative estimate of drug-likeness (QED) is 0.391.